The average Bonchev–Trinajstić information content (AvgIpc) is 4.21. The fraction of sp³-hybridized carbons (Fsp3) is 0.522. The summed E-state index contributed by atoms with van der Waals surface area (Å²) in [6, 6.07) is 0. The minimum atomic E-state index is -1.72. The van der Waals surface area contributed by atoms with E-state index in [9.17, 15) is 28.2 Å². The number of hydrogen-bond donors (Lipinski definition) is 6. The van der Waals surface area contributed by atoms with Gasteiger partial charge in [-0.3, -0.25) is 13.9 Å². The Morgan fingerprint density at radius 1 is 0.824 bits per heavy atom. The molecule has 3 saturated heterocycles. The van der Waals surface area contributed by atoms with Gasteiger partial charge in [-0.05, 0) is 19.3 Å². The number of aromatic amines is 1. The number of aliphatic hydroxyl groups excluding tert-OH is 2. The number of nitrogens with zero attached hydrogens (tertiary/aromatic N) is 11. The molecule has 9 atom stereocenters. The van der Waals surface area contributed by atoms with Crippen LogP contribution in [0.4, 0.5) is 30.6 Å². The number of carbonyl (C=O) groups excluding carboxylic acids is 1. The first kappa shape index (κ1) is 60.5. The number of rotatable bonds is 8. The van der Waals surface area contributed by atoms with Gasteiger partial charge in [0.1, 0.15) is 49.0 Å². The average molecular weight is 1060 g/mol. The summed E-state index contributed by atoms with van der Waals surface area (Å²) in [6.07, 6.45) is 18.6. The monoisotopic (exact) mass is 1060 g/mol. The van der Waals surface area contributed by atoms with Crippen LogP contribution in [0.5, 0.6) is 0 Å². The van der Waals surface area contributed by atoms with E-state index in [1.807, 2.05) is 20.8 Å². The number of fused-ring (bicyclic) bond motifs is 3. The Balaban J connectivity index is 0.000000219. The fourth-order valence-corrected chi connectivity index (χ4v) is 9.24. The number of ether oxygens (including phenoxy) is 4. The van der Waals surface area contributed by atoms with E-state index in [0.29, 0.717) is 28.9 Å². The number of carbonyl (C=O) groups is 1. The topological polar surface area (TPSA) is 323 Å². The van der Waals surface area contributed by atoms with Crippen LogP contribution in [0.1, 0.15) is 79.2 Å². The maximum Gasteiger partial charge on any atom is 1.00 e. The van der Waals surface area contributed by atoms with Gasteiger partial charge in [-0.1, -0.05) is 65.1 Å². The van der Waals surface area contributed by atoms with E-state index in [1.54, 1.807) is 10.9 Å². The van der Waals surface area contributed by atoms with Crippen molar-refractivity contribution < 1.29 is 81.8 Å². The molecule has 3 aliphatic heterocycles. The summed E-state index contributed by atoms with van der Waals surface area (Å²) in [4.78, 5) is 50.4. The van der Waals surface area contributed by atoms with E-state index in [1.165, 1.54) is 24.1 Å². The van der Waals surface area contributed by atoms with Crippen molar-refractivity contribution in [1.82, 2.24) is 59.0 Å². The Morgan fingerprint density at radius 2 is 1.32 bits per heavy atom. The van der Waals surface area contributed by atoms with Crippen molar-refractivity contribution in [2.24, 2.45) is 11.8 Å². The summed E-state index contributed by atoms with van der Waals surface area (Å²) < 4.78 is 65.2. The van der Waals surface area contributed by atoms with Crippen LogP contribution in [0.2, 0.25) is 19.6 Å². The van der Waals surface area contributed by atoms with E-state index in [4.69, 9.17) is 54.8 Å². The van der Waals surface area contributed by atoms with Crippen molar-refractivity contribution in [3.63, 3.8) is 0 Å². The zero-order valence-corrected chi connectivity index (χ0v) is 45.7. The van der Waals surface area contributed by atoms with Crippen LogP contribution in [0.15, 0.2) is 19.0 Å². The molecule has 28 heteroatoms. The van der Waals surface area contributed by atoms with Gasteiger partial charge in [0.05, 0.1) is 25.6 Å². The van der Waals surface area contributed by atoms with E-state index in [-0.39, 0.29) is 88.5 Å². The van der Waals surface area contributed by atoms with E-state index >= 15 is 0 Å². The summed E-state index contributed by atoms with van der Waals surface area (Å²) in [5.41, 5.74) is 10.3. The number of aliphatic hydroxyl groups is 2. The van der Waals surface area contributed by atoms with Crippen molar-refractivity contribution in [2.45, 2.75) is 128 Å². The molecule has 23 nitrogen and oxygen atoms in total. The molecular weight excluding hydrogens is 999 g/mol. The Kier molecular flexibility index (Phi) is 20.4. The zero-order chi connectivity index (χ0) is 54.2. The largest absolute Gasteiger partial charge is 1.00 e. The number of nitrogens with one attached hydrogen (secondary N) is 2. The minimum Gasteiger partial charge on any atom is -0.857 e. The molecule has 0 aromatic carbocycles. The Hall–Kier alpha value is -6.03. The van der Waals surface area contributed by atoms with Crippen LogP contribution in [0.25, 0.3) is 33.5 Å². The minimum absolute atomic E-state index is 0. The van der Waals surface area contributed by atoms with Crippen LogP contribution in [-0.2, 0) is 23.7 Å². The Bertz CT molecular complexity index is 3030. The zero-order valence-electron chi connectivity index (χ0n) is 42.7. The molecule has 74 heavy (non-hydrogen) atoms. The molecule has 9 heterocycles. The number of hydrogen-bond acceptors (Lipinski definition) is 20. The molecule has 0 bridgehead atoms. The van der Waals surface area contributed by atoms with Crippen LogP contribution >= 0.6 is 0 Å². The van der Waals surface area contributed by atoms with Gasteiger partial charge in [0.15, 0.2) is 45.5 Å². The first-order valence-electron chi connectivity index (χ1n) is 22.8. The molecular formula is C46H59F3N15NaO8Si. The second-order valence-electron chi connectivity index (χ2n) is 18.0. The number of aromatic nitrogens is 12. The van der Waals surface area contributed by atoms with Crippen LogP contribution < -0.4 is 51.1 Å². The van der Waals surface area contributed by atoms with Crippen molar-refractivity contribution in [2.75, 3.05) is 30.2 Å². The number of nitrogen functional groups attached to an aromatic ring is 2. The maximum atomic E-state index is 14.0. The van der Waals surface area contributed by atoms with Gasteiger partial charge in [0.25, 0.3) is 0 Å². The smallest absolute Gasteiger partial charge is 0.857 e. The molecule has 3 aliphatic rings. The molecule has 0 radical (unpaired) electrons. The number of esters is 1. The summed E-state index contributed by atoms with van der Waals surface area (Å²) >= 11 is 0. The van der Waals surface area contributed by atoms with Gasteiger partial charge in [0, 0.05) is 31.6 Å². The maximum absolute atomic E-state index is 14.0. The predicted octanol–water partition coefficient (Wildman–Crippen LogP) is 0.510. The van der Waals surface area contributed by atoms with Crippen LogP contribution in [0, 0.1) is 67.1 Å². The molecule has 6 aromatic heterocycles. The van der Waals surface area contributed by atoms with Gasteiger partial charge in [-0.2, -0.15) is 50.2 Å². The Morgan fingerprint density at radius 3 is 1.84 bits per heavy atom. The number of halogens is 3. The number of imidazole rings is 3. The van der Waals surface area contributed by atoms with E-state index in [2.05, 4.69) is 99.1 Å². The van der Waals surface area contributed by atoms with Gasteiger partial charge < -0.3 is 55.7 Å². The summed E-state index contributed by atoms with van der Waals surface area (Å²) in [5.74, 6) is 8.22. The standard InChI is InChI=1S/C17H24FN5OSi.C12H12FN5O3.C11H16O3.C5H4FN5.CH3O.Na/c1-7-17(8-2)11(3)9-12(24-17)23-10-19-13-14(22-25(4,5)6)20-16(18)21-15(13)23;1-2-12(4-19)6(20)3-7(21-12)18-5-15-8-9(14)16-11(13)17-10(8)18;1-5-11(6-2)8(3)7-10(14-11)13-9(4)12;6-5-10-3(7)2-4(11-5)9-1-8-2;1-2;/h1,10-12H,8-9H2,2-6H3,(H,20,21,22);1,5-7,19-20H,3-4H2,(H2,14,16,17);1,8,10H,6-7H2,2-4H3;1H,(H3,7,8,9,10,11);1H3;/q;;;;-1;+1/t11-,12+,17+;6-,7+,12+;8-,10?,11+;;;/m000.../s1. The van der Waals surface area contributed by atoms with Crippen molar-refractivity contribution in [1.29, 1.82) is 0 Å². The molecule has 0 aliphatic carbocycles. The second kappa shape index (κ2) is 25.0. The first-order valence-corrected chi connectivity index (χ1v) is 26.3. The number of anilines is 3. The van der Waals surface area contributed by atoms with Crippen molar-refractivity contribution in [3.05, 3.63) is 37.2 Å². The number of terminal acetylenes is 3. The quantitative estimate of drug-likeness (QED) is 0.0523. The third-order valence-corrected chi connectivity index (χ3v) is 13.2. The second-order valence-corrected chi connectivity index (χ2v) is 22.8. The molecule has 0 saturated carbocycles. The van der Waals surface area contributed by atoms with Crippen LogP contribution in [-0.4, -0.2) is 126 Å². The fourth-order valence-electron chi connectivity index (χ4n) is 8.36. The third-order valence-electron chi connectivity index (χ3n) is 12.2. The molecule has 392 valence electrons. The van der Waals surface area contributed by atoms with Crippen LogP contribution in [0.3, 0.4) is 0 Å². The molecule has 1 unspecified atom stereocenters. The van der Waals surface area contributed by atoms with Gasteiger partial charge in [0.2, 0.25) is 6.29 Å². The molecule has 8 N–H and O–H groups in total. The first-order chi connectivity index (χ1) is 34.5. The molecule has 0 spiro atoms. The van der Waals surface area contributed by atoms with Crippen molar-refractivity contribution >= 4 is 65.1 Å². The van der Waals surface area contributed by atoms with Gasteiger partial charge in [-0.15, -0.1) is 19.3 Å². The Labute approximate surface area is 448 Å². The molecule has 9 rings (SSSR count). The summed E-state index contributed by atoms with van der Waals surface area (Å²) in [6.45, 7) is 15.3. The summed E-state index contributed by atoms with van der Waals surface area (Å²) in [7, 11) is -0.970. The summed E-state index contributed by atoms with van der Waals surface area (Å²) in [5, 5.41) is 27.6. The van der Waals surface area contributed by atoms with E-state index < -0.39 is 68.5 Å². The SMILES string of the molecule is C#C[C@]1(CC)OC(OC(C)=O)C[C@@H]1C.C#C[C@]1(CC)O[C@@H](n2cnc3c(N[Si](C)(C)C)nc(F)nc32)C[C@@H]1C.C#C[C@]1(CO)O[C@@H](n2cnc3c(N)nc(F)nc32)C[C@@H]1O.C[O-].Nc1nc(F)nc2nc[nH]c12.[Na+]. The molecule has 0 amide bonds. The van der Waals surface area contributed by atoms with Gasteiger partial charge in [-0.25, -0.2) is 15.0 Å². The number of H-pyrrole nitrogens is 1. The molecule has 6 aromatic rings. The van der Waals surface area contributed by atoms with E-state index in [0.717, 1.165) is 26.4 Å². The predicted molar refractivity (Wildman–Crippen MR) is 261 cm³/mol. The number of nitrogens with two attached hydrogens (primary N) is 2. The van der Waals surface area contributed by atoms with Gasteiger partial charge >= 0.3 is 53.8 Å². The normalized spacial score (nSPS) is 25.8. The van der Waals surface area contributed by atoms with Crippen molar-refractivity contribution in [3.8, 4) is 37.0 Å². The molecule has 3 fully saturated rings. The third kappa shape index (κ3) is 13.1.